The van der Waals surface area contributed by atoms with E-state index in [2.05, 4.69) is 65.8 Å². The molecule has 2 aromatic rings. The van der Waals surface area contributed by atoms with Crippen LogP contribution in [0.15, 0.2) is 54.6 Å². The van der Waals surface area contributed by atoms with Crippen molar-refractivity contribution in [3.8, 4) is 5.75 Å². The summed E-state index contributed by atoms with van der Waals surface area (Å²) in [4.78, 5) is 13.0. The van der Waals surface area contributed by atoms with Gasteiger partial charge in [0.2, 0.25) is 0 Å². The Labute approximate surface area is 209 Å². The van der Waals surface area contributed by atoms with Crippen LogP contribution in [-0.4, -0.2) is 27.8 Å². The first-order valence-corrected chi connectivity index (χ1v) is 15.2. The summed E-state index contributed by atoms with van der Waals surface area (Å²) in [6.07, 6.45) is 4.90. The average Bonchev–Trinajstić information content (AvgIpc) is 2.82. The van der Waals surface area contributed by atoms with Crippen molar-refractivity contribution in [1.82, 2.24) is 0 Å². The number of Topliss-reactive ketones (excluding diaryl/α,β-unsaturated/α-hetero) is 1. The second kappa shape index (κ2) is 13.8. The minimum absolute atomic E-state index is 0.196. The van der Waals surface area contributed by atoms with E-state index in [9.17, 15) is 4.79 Å². The van der Waals surface area contributed by atoms with Crippen LogP contribution in [-0.2, 0) is 4.43 Å². The zero-order valence-electron chi connectivity index (χ0n) is 22.5. The lowest BCUT2D eigenvalue weighted by Gasteiger charge is -2.42. The number of carbonyl (C=O) groups is 1. The van der Waals surface area contributed by atoms with Crippen LogP contribution in [0.2, 0.25) is 16.6 Å². The molecule has 0 spiro atoms. The molecule has 0 aliphatic carbocycles. The Morgan fingerprint density at radius 3 is 1.91 bits per heavy atom. The number of unbranched alkanes of at least 4 members (excludes halogenated alkanes) is 2. The number of hydrogen-bond donors (Lipinski definition) is 0. The number of ketones is 1. The third-order valence-electron chi connectivity index (χ3n) is 7.37. The lowest BCUT2D eigenvalue weighted by Crippen LogP contribution is -2.47. The summed E-state index contributed by atoms with van der Waals surface area (Å²) < 4.78 is 11.9. The highest BCUT2D eigenvalue weighted by Crippen LogP contribution is 2.42. The van der Waals surface area contributed by atoms with E-state index in [1.165, 1.54) is 5.56 Å². The van der Waals surface area contributed by atoms with E-state index in [-0.39, 0.29) is 11.7 Å². The lowest BCUT2D eigenvalue weighted by atomic mass is 9.87. The summed E-state index contributed by atoms with van der Waals surface area (Å²) in [5.41, 5.74) is 3.88. The van der Waals surface area contributed by atoms with E-state index in [0.29, 0.717) is 23.0 Å². The van der Waals surface area contributed by atoms with Crippen molar-refractivity contribution in [1.29, 1.82) is 0 Å². The summed E-state index contributed by atoms with van der Waals surface area (Å²) in [6, 6.07) is 18.0. The van der Waals surface area contributed by atoms with Gasteiger partial charge in [-0.05, 0) is 65.2 Å². The first-order valence-electron chi connectivity index (χ1n) is 13.1. The number of rotatable bonds is 15. The van der Waals surface area contributed by atoms with Crippen molar-refractivity contribution in [3.63, 3.8) is 0 Å². The smallest absolute Gasteiger partial charge is 0.200 e. The Morgan fingerprint density at radius 1 is 0.794 bits per heavy atom. The monoisotopic (exact) mass is 482 g/mol. The highest BCUT2D eigenvalue weighted by molar-refractivity contribution is 6.77. The van der Waals surface area contributed by atoms with Gasteiger partial charge in [-0.25, -0.2) is 0 Å². The van der Waals surface area contributed by atoms with Gasteiger partial charge in [-0.2, -0.15) is 0 Å². The van der Waals surface area contributed by atoms with Gasteiger partial charge in [0.15, 0.2) is 14.1 Å². The maximum atomic E-state index is 13.0. The molecule has 0 radical (unpaired) electrons. The second-order valence-corrected chi connectivity index (χ2v) is 15.9. The molecular formula is C30H46O3Si. The molecule has 0 aliphatic rings. The fourth-order valence-electron chi connectivity index (χ4n) is 5.65. The molecule has 1 atom stereocenters. The van der Waals surface area contributed by atoms with Crippen molar-refractivity contribution >= 4 is 14.1 Å². The predicted octanol–water partition coefficient (Wildman–Crippen LogP) is 8.80. The molecule has 0 aromatic heterocycles. The molecule has 188 valence electrons. The van der Waals surface area contributed by atoms with E-state index < -0.39 is 8.32 Å². The van der Waals surface area contributed by atoms with E-state index in [1.807, 2.05) is 30.3 Å². The molecule has 3 nitrogen and oxygen atoms in total. The molecule has 0 saturated carbocycles. The van der Waals surface area contributed by atoms with Crippen molar-refractivity contribution in [3.05, 3.63) is 65.7 Å². The van der Waals surface area contributed by atoms with Crippen LogP contribution in [0.1, 0.15) is 95.5 Å². The molecule has 2 rings (SSSR count). The fourth-order valence-corrected chi connectivity index (χ4v) is 11.1. The van der Waals surface area contributed by atoms with Gasteiger partial charge in [0.25, 0.3) is 0 Å². The number of methoxy groups -OCH3 is 1. The minimum Gasteiger partial charge on any atom is -0.497 e. The second-order valence-electron chi connectivity index (χ2n) is 10.5. The van der Waals surface area contributed by atoms with Crippen LogP contribution in [0.5, 0.6) is 5.75 Å². The molecule has 4 heteroatoms. The van der Waals surface area contributed by atoms with Crippen molar-refractivity contribution in [2.45, 2.75) is 96.2 Å². The molecule has 1 unspecified atom stereocenters. The van der Waals surface area contributed by atoms with Crippen LogP contribution in [0, 0.1) is 0 Å². The quantitative estimate of drug-likeness (QED) is 0.144. The average molecular weight is 483 g/mol. The fraction of sp³-hybridized carbons (Fsp3) is 0.567. The Morgan fingerprint density at radius 2 is 1.38 bits per heavy atom. The number of benzene rings is 2. The van der Waals surface area contributed by atoms with Crippen LogP contribution in [0.4, 0.5) is 0 Å². The molecule has 0 heterocycles. The van der Waals surface area contributed by atoms with Crippen LogP contribution < -0.4 is 4.74 Å². The normalized spacial score (nSPS) is 13.0. The Bertz CT molecular complexity index is 821. The Balaban J connectivity index is 1.93. The predicted molar refractivity (Wildman–Crippen MR) is 147 cm³/mol. The van der Waals surface area contributed by atoms with Gasteiger partial charge in [0.05, 0.1) is 7.11 Å². The maximum absolute atomic E-state index is 13.0. The molecule has 0 N–H and O–H groups in total. The summed E-state index contributed by atoms with van der Waals surface area (Å²) >= 11 is 0. The first kappa shape index (κ1) is 28.3. The zero-order chi connectivity index (χ0) is 25.1. The Kier molecular flexibility index (Phi) is 11.5. The van der Waals surface area contributed by atoms with Crippen LogP contribution >= 0.6 is 0 Å². The molecule has 0 bridgehead atoms. The summed E-state index contributed by atoms with van der Waals surface area (Å²) in [6.45, 7) is 14.9. The van der Waals surface area contributed by atoms with E-state index in [4.69, 9.17) is 9.16 Å². The largest absolute Gasteiger partial charge is 0.497 e. The lowest BCUT2D eigenvalue weighted by molar-refractivity contribution is 0.0971. The minimum atomic E-state index is -1.78. The van der Waals surface area contributed by atoms with Crippen molar-refractivity contribution < 1.29 is 14.0 Å². The molecule has 0 aliphatic heterocycles. The van der Waals surface area contributed by atoms with E-state index >= 15 is 0 Å². The molecule has 0 saturated heterocycles. The van der Waals surface area contributed by atoms with Gasteiger partial charge in [-0.3, -0.25) is 4.79 Å². The number of ether oxygens (including phenoxy) is 1. The summed E-state index contributed by atoms with van der Waals surface area (Å²) in [7, 11) is -0.139. The highest BCUT2D eigenvalue weighted by atomic mass is 28.4. The van der Waals surface area contributed by atoms with Crippen molar-refractivity contribution in [2.75, 3.05) is 13.7 Å². The summed E-state index contributed by atoms with van der Waals surface area (Å²) in [5, 5.41) is 0. The van der Waals surface area contributed by atoms with Gasteiger partial charge in [0.1, 0.15) is 5.75 Å². The van der Waals surface area contributed by atoms with Crippen molar-refractivity contribution in [2.24, 2.45) is 0 Å². The summed E-state index contributed by atoms with van der Waals surface area (Å²) in [5.74, 6) is 1.21. The molecule has 0 amide bonds. The van der Waals surface area contributed by atoms with E-state index in [0.717, 1.165) is 43.6 Å². The number of hydrogen-bond acceptors (Lipinski definition) is 3. The zero-order valence-corrected chi connectivity index (χ0v) is 23.5. The third kappa shape index (κ3) is 7.54. The number of carbonyl (C=O) groups excluding carboxylic acids is 1. The van der Waals surface area contributed by atoms with Crippen LogP contribution in [0.25, 0.3) is 0 Å². The van der Waals surface area contributed by atoms with Gasteiger partial charge in [-0.1, -0.05) is 84.7 Å². The van der Waals surface area contributed by atoms with Gasteiger partial charge >= 0.3 is 0 Å². The van der Waals surface area contributed by atoms with Crippen LogP contribution in [0.3, 0.4) is 0 Å². The third-order valence-corrected chi connectivity index (χ3v) is 13.5. The van der Waals surface area contributed by atoms with E-state index in [1.54, 1.807) is 7.11 Å². The highest BCUT2D eigenvalue weighted by Gasteiger charge is 2.44. The first-order chi connectivity index (χ1) is 16.2. The molecule has 2 aromatic carbocycles. The SMILES string of the molecule is COc1ccc(C(=O)CC(CCCCCO[Si](C(C)C)(C(C)C)C(C)C)c2ccccc2)cc1. The molecular weight excluding hydrogens is 436 g/mol. The molecule has 0 fully saturated rings. The molecule has 34 heavy (non-hydrogen) atoms. The Hall–Kier alpha value is -1.91. The topological polar surface area (TPSA) is 35.5 Å². The van der Waals surface area contributed by atoms with Gasteiger partial charge < -0.3 is 9.16 Å². The van der Waals surface area contributed by atoms with Gasteiger partial charge in [-0.15, -0.1) is 0 Å². The maximum Gasteiger partial charge on any atom is 0.200 e. The standard InChI is InChI=1S/C30H46O3Si/c1-23(2)34(24(3)4,25(5)6)33-21-13-9-12-16-28(26-14-10-8-11-15-26)22-30(31)27-17-19-29(32-7)20-18-27/h8,10-11,14-15,17-20,23-25,28H,9,12-13,16,21-22H2,1-7H3. The van der Waals surface area contributed by atoms with Gasteiger partial charge in [0, 0.05) is 18.6 Å².